The minimum Gasteiger partial charge on any atom is -0.368 e. The normalized spacial score (nSPS) is 10.7. The van der Waals surface area contributed by atoms with Crippen molar-refractivity contribution in [1.82, 2.24) is 15.0 Å². The Morgan fingerprint density at radius 3 is 2.38 bits per heavy atom. The molecule has 0 atom stereocenters. The molecule has 0 bridgehead atoms. The topological polar surface area (TPSA) is 67.9 Å². The van der Waals surface area contributed by atoms with Crippen LogP contribution in [0.15, 0.2) is 12.1 Å². The van der Waals surface area contributed by atoms with Gasteiger partial charge in [0.05, 0.1) is 5.56 Å². The number of aryl methyl sites for hydroxylation is 1. The van der Waals surface area contributed by atoms with Crippen LogP contribution in [0.25, 0.3) is 11.4 Å². The van der Waals surface area contributed by atoms with Crippen molar-refractivity contribution in [3.8, 4) is 11.4 Å². The molecule has 7 heteroatoms. The number of rotatable bonds is 4. The summed E-state index contributed by atoms with van der Waals surface area (Å²) in [6, 6.07) is 2.55. The van der Waals surface area contributed by atoms with E-state index in [1.54, 1.807) is 6.92 Å². The predicted octanol–water partition coefficient (Wildman–Crippen LogP) is 2.55. The van der Waals surface area contributed by atoms with Gasteiger partial charge in [-0.15, -0.1) is 0 Å². The summed E-state index contributed by atoms with van der Waals surface area (Å²) in [5.74, 6) is -1.27. The number of nitrogens with two attached hydrogens (primary N) is 1. The van der Waals surface area contributed by atoms with E-state index in [2.05, 4.69) is 15.0 Å². The third kappa shape index (κ3) is 2.91. The average molecular weight is 293 g/mol. The molecule has 5 nitrogen and oxygen atoms in total. The highest BCUT2D eigenvalue weighted by atomic mass is 19.1. The first kappa shape index (κ1) is 15.1. The summed E-state index contributed by atoms with van der Waals surface area (Å²) < 4.78 is 28.1. The fourth-order valence-electron chi connectivity index (χ4n) is 2.00. The number of hydrogen-bond donors (Lipinski definition) is 1. The van der Waals surface area contributed by atoms with Gasteiger partial charge in [0.15, 0.2) is 5.82 Å². The van der Waals surface area contributed by atoms with E-state index in [9.17, 15) is 8.78 Å². The van der Waals surface area contributed by atoms with Gasteiger partial charge in [0, 0.05) is 13.1 Å². The Morgan fingerprint density at radius 2 is 1.76 bits per heavy atom. The maximum Gasteiger partial charge on any atom is 0.230 e. The molecule has 2 N–H and O–H groups in total. The Balaban J connectivity index is 2.63. The number of aromatic nitrogens is 3. The highest BCUT2D eigenvalue weighted by molar-refractivity contribution is 5.60. The lowest BCUT2D eigenvalue weighted by Crippen LogP contribution is -2.25. The van der Waals surface area contributed by atoms with Crippen LogP contribution in [-0.4, -0.2) is 28.0 Å². The zero-order valence-electron chi connectivity index (χ0n) is 12.2. The summed E-state index contributed by atoms with van der Waals surface area (Å²) >= 11 is 0. The van der Waals surface area contributed by atoms with E-state index in [0.717, 1.165) is 0 Å². The van der Waals surface area contributed by atoms with E-state index in [1.807, 2.05) is 18.7 Å². The van der Waals surface area contributed by atoms with Crippen molar-refractivity contribution in [1.29, 1.82) is 0 Å². The van der Waals surface area contributed by atoms with Crippen molar-refractivity contribution in [2.45, 2.75) is 20.8 Å². The van der Waals surface area contributed by atoms with Crippen molar-refractivity contribution < 1.29 is 8.78 Å². The highest BCUT2D eigenvalue weighted by Gasteiger charge is 2.19. The second-order valence-electron chi connectivity index (χ2n) is 4.54. The predicted molar refractivity (Wildman–Crippen MR) is 77.9 cm³/mol. The largest absolute Gasteiger partial charge is 0.368 e. The first-order chi connectivity index (χ1) is 9.97. The smallest absolute Gasteiger partial charge is 0.230 e. The van der Waals surface area contributed by atoms with Gasteiger partial charge in [-0.2, -0.15) is 15.0 Å². The number of hydrogen-bond acceptors (Lipinski definition) is 5. The number of benzene rings is 1. The molecule has 0 amide bonds. The van der Waals surface area contributed by atoms with E-state index >= 15 is 0 Å². The maximum atomic E-state index is 14.2. The standard InChI is InChI=1S/C14H17F2N5/c1-4-21(5-2)14-19-12(18-13(17)20-14)10-9(15)7-6-8(3)11(10)16/h6-7H,4-5H2,1-3H3,(H2,17,18,19,20). The molecule has 2 aromatic rings. The van der Waals surface area contributed by atoms with Crippen LogP contribution < -0.4 is 10.6 Å². The molecule has 2 rings (SSSR count). The third-order valence-corrected chi connectivity index (χ3v) is 3.19. The molecule has 1 heterocycles. The Morgan fingerprint density at radius 1 is 1.10 bits per heavy atom. The van der Waals surface area contributed by atoms with Crippen LogP contribution in [0.2, 0.25) is 0 Å². The third-order valence-electron chi connectivity index (χ3n) is 3.19. The molecule has 0 aliphatic heterocycles. The van der Waals surface area contributed by atoms with Crippen LogP contribution in [0, 0.1) is 18.6 Å². The molecule has 1 aromatic heterocycles. The van der Waals surface area contributed by atoms with Gasteiger partial charge < -0.3 is 10.6 Å². The minimum absolute atomic E-state index is 0.0674. The first-order valence-electron chi connectivity index (χ1n) is 6.69. The lowest BCUT2D eigenvalue weighted by atomic mass is 10.1. The molecular formula is C14H17F2N5. The second-order valence-corrected chi connectivity index (χ2v) is 4.54. The van der Waals surface area contributed by atoms with E-state index in [0.29, 0.717) is 24.6 Å². The van der Waals surface area contributed by atoms with E-state index < -0.39 is 11.6 Å². The minimum atomic E-state index is -0.728. The molecule has 0 saturated carbocycles. The summed E-state index contributed by atoms with van der Waals surface area (Å²) in [5, 5.41) is 0. The summed E-state index contributed by atoms with van der Waals surface area (Å²) in [6.07, 6.45) is 0. The van der Waals surface area contributed by atoms with Gasteiger partial charge in [-0.1, -0.05) is 6.07 Å². The lowest BCUT2D eigenvalue weighted by Gasteiger charge is -2.19. The van der Waals surface area contributed by atoms with Crippen molar-refractivity contribution in [2.75, 3.05) is 23.7 Å². The van der Waals surface area contributed by atoms with Crippen LogP contribution in [0.3, 0.4) is 0 Å². The van der Waals surface area contributed by atoms with Gasteiger partial charge in [-0.05, 0) is 32.4 Å². The zero-order chi connectivity index (χ0) is 15.6. The molecule has 0 spiro atoms. The Kier molecular flexibility index (Phi) is 4.30. The van der Waals surface area contributed by atoms with E-state index in [4.69, 9.17) is 5.73 Å². The molecule has 0 saturated heterocycles. The molecule has 0 fully saturated rings. The van der Waals surface area contributed by atoms with E-state index in [1.165, 1.54) is 12.1 Å². The quantitative estimate of drug-likeness (QED) is 0.938. The van der Waals surface area contributed by atoms with Gasteiger partial charge in [0.25, 0.3) is 0 Å². The number of nitrogen functional groups attached to an aromatic ring is 1. The average Bonchev–Trinajstić information content (AvgIpc) is 2.44. The molecular weight excluding hydrogens is 276 g/mol. The zero-order valence-corrected chi connectivity index (χ0v) is 12.2. The van der Waals surface area contributed by atoms with Crippen molar-refractivity contribution in [3.63, 3.8) is 0 Å². The number of nitrogens with zero attached hydrogens (tertiary/aromatic N) is 4. The molecule has 112 valence electrons. The molecule has 0 radical (unpaired) electrons. The SMILES string of the molecule is CCN(CC)c1nc(N)nc(-c2c(F)ccc(C)c2F)n1. The van der Waals surface area contributed by atoms with Crippen LogP contribution in [-0.2, 0) is 0 Å². The van der Waals surface area contributed by atoms with Crippen LogP contribution in [0.5, 0.6) is 0 Å². The Bertz CT molecular complexity index is 656. The van der Waals surface area contributed by atoms with Gasteiger partial charge in [-0.3, -0.25) is 0 Å². The number of halogens is 2. The Hall–Kier alpha value is -2.31. The van der Waals surface area contributed by atoms with Crippen LogP contribution in [0.4, 0.5) is 20.7 Å². The summed E-state index contributed by atoms with van der Waals surface area (Å²) in [7, 11) is 0. The first-order valence-corrected chi connectivity index (χ1v) is 6.69. The lowest BCUT2D eigenvalue weighted by molar-refractivity contribution is 0.581. The molecule has 0 aliphatic rings. The summed E-state index contributed by atoms with van der Waals surface area (Å²) in [6.45, 7) is 6.71. The monoisotopic (exact) mass is 293 g/mol. The molecule has 21 heavy (non-hydrogen) atoms. The highest BCUT2D eigenvalue weighted by Crippen LogP contribution is 2.26. The van der Waals surface area contributed by atoms with Crippen molar-refractivity contribution in [2.24, 2.45) is 0 Å². The Labute approximate surface area is 121 Å². The molecule has 0 aliphatic carbocycles. The molecule has 0 unspecified atom stereocenters. The second kappa shape index (κ2) is 5.99. The fourth-order valence-corrected chi connectivity index (χ4v) is 2.00. The number of anilines is 2. The summed E-state index contributed by atoms with van der Waals surface area (Å²) in [5.41, 5.74) is 5.68. The van der Waals surface area contributed by atoms with E-state index in [-0.39, 0.29) is 17.3 Å². The van der Waals surface area contributed by atoms with Crippen molar-refractivity contribution in [3.05, 3.63) is 29.3 Å². The van der Waals surface area contributed by atoms with Gasteiger partial charge >= 0.3 is 0 Å². The van der Waals surface area contributed by atoms with Crippen LogP contribution in [0.1, 0.15) is 19.4 Å². The van der Waals surface area contributed by atoms with Gasteiger partial charge in [-0.25, -0.2) is 8.78 Å². The van der Waals surface area contributed by atoms with Crippen LogP contribution >= 0.6 is 0 Å². The fraction of sp³-hybridized carbons (Fsp3) is 0.357. The van der Waals surface area contributed by atoms with Gasteiger partial charge in [0.1, 0.15) is 11.6 Å². The van der Waals surface area contributed by atoms with Gasteiger partial charge in [0.2, 0.25) is 11.9 Å². The van der Waals surface area contributed by atoms with Crippen molar-refractivity contribution >= 4 is 11.9 Å². The maximum absolute atomic E-state index is 14.2. The summed E-state index contributed by atoms with van der Waals surface area (Å²) in [4.78, 5) is 13.9. The molecule has 1 aromatic carbocycles.